The number of carboxylic acids is 1. The fourth-order valence-corrected chi connectivity index (χ4v) is 4.89. The standard InChI is InChI=1S/C23H40O10.2C2H6/c1-2-13(32-23-22(31)21(30)20(29)18(12-24)33-23)9-10-15-14(16(25)11-17(15)26)7-5-3-4-6-8-19(27)28;2*1-2/h13-15,17-18,20-24,26,29-31H,2-12H2,1H3,(H,27,28);2*1-2H3/t13?,14?,15?,17?,18-,20-,21+,22-,23?;;/m1../s1. The highest BCUT2D eigenvalue weighted by Gasteiger charge is 2.45. The van der Waals surface area contributed by atoms with Crippen LogP contribution in [0, 0.1) is 11.8 Å². The Morgan fingerprint density at radius 1 is 0.973 bits per heavy atom. The minimum absolute atomic E-state index is 0.0564. The predicted molar refractivity (Wildman–Crippen MR) is 139 cm³/mol. The minimum Gasteiger partial charge on any atom is -0.481 e. The number of aliphatic hydroxyl groups is 5. The van der Waals surface area contributed by atoms with Gasteiger partial charge in [0.1, 0.15) is 30.2 Å². The highest BCUT2D eigenvalue weighted by Crippen LogP contribution is 2.37. The molecular weight excluding hydrogens is 484 g/mol. The monoisotopic (exact) mass is 536 g/mol. The molecule has 1 saturated heterocycles. The molecule has 1 aliphatic carbocycles. The Morgan fingerprint density at radius 3 is 2.16 bits per heavy atom. The number of carboxylic acid groups (broad SMARTS) is 1. The van der Waals surface area contributed by atoms with E-state index in [1.165, 1.54) is 0 Å². The Bertz CT molecular complexity index is 614. The number of aliphatic hydroxyl groups excluding tert-OH is 5. The number of rotatable bonds is 14. The molecule has 0 amide bonds. The van der Waals surface area contributed by atoms with Crippen molar-refractivity contribution in [2.45, 2.75) is 142 Å². The molecular formula is C27H52O10. The van der Waals surface area contributed by atoms with Gasteiger partial charge in [-0.25, -0.2) is 0 Å². The van der Waals surface area contributed by atoms with Crippen LogP contribution in [0.25, 0.3) is 0 Å². The Hall–Kier alpha value is -1.14. The van der Waals surface area contributed by atoms with Crippen LogP contribution in [-0.4, -0.2) is 91.9 Å². The molecule has 9 atom stereocenters. The van der Waals surface area contributed by atoms with Gasteiger partial charge in [0.25, 0.3) is 0 Å². The van der Waals surface area contributed by atoms with Gasteiger partial charge in [0.05, 0.1) is 18.8 Å². The third kappa shape index (κ3) is 11.6. The van der Waals surface area contributed by atoms with Crippen molar-refractivity contribution in [3.05, 3.63) is 0 Å². The van der Waals surface area contributed by atoms with Gasteiger partial charge in [0.2, 0.25) is 0 Å². The van der Waals surface area contributed by atoms with Crippen LogP contribution in [0.3, 0.4) is 0 Å². The van der Waals surface area contributed by atoms with Crippen LogP contribution >= 0.6 is 0 Å². The number of carbonyl (C=O) groups excluding carboxylic acids is 1. The Balaban J connectivity index is 0.00000308. The summed E-state index contributed by atoms with van der Waals surface area (Å²) in [4.78, 5) is 23.0. The molecule has 1 saturated carbocycles. The van der Waals surface area contributed by atoms with Crippen molar-refractivity contribution in [3.63, 3.8) is 0 Å². The zero-order valence-electron chi connectivity index (χ0n) is 23.3. The van der Waals surface area contributed by atoms with Crippen molar-refractivity contribution in [3.8, 4) is 0 Å². The van der Waals surface area contributed by atoms with E-state index >= 15 is 0 Å². The van der Waals surface area contributed by atoms with Gasteiger partial charge in [-0.1, -0.05) is 53.9 Å². The molecule has 0 radical (unpaired) electrons. The Labute approximate surface area is 222 Å². The average molecular weight is 537 g/mol. The molecule has 6 N–H and O–H groups in total. The number of ketones is 1. The zero-order chi connectivity index (χ0) is 28.5. The van der Waals surface area contributed by atoms with Crippen LogP contribution in [0.15, 0.2) is 0 Å². The quantitative estimate of drug-likeness (QED) is 0.181. The maximum Gasteiger partial charge on any atom is 0.303 e. The summed E-state index contributed by atoms with van der Waals surface area (Å²) in [7, 11) is 0. The van der Waals surface area contributed by atoms with Gasteiger partial charge >= 0.3 is 5.97 Å². The summed E-state index contributed by atoms with van der Waals surface area (Å²) >= 11 is 0. The van der Waals surface area contributed by atoms with Gasteiger partial charge < -0.3 is 40.1 Å². The number of hydrogen-bond donors (Lipinski definition) is 6. The molecule has 1 heterocycles. The first-order valence-electron chi connectivity index (χ1n) is 14.1. The maximum atomic E-state index is 12.4. The van der Waals surface area contributed by atoms with Gasteiger partial charge in [0, 0.05) is 18.8 Å². The first kappa shape index (κ1) is 35.9. The molecule has 10 heteroatoms. The van der Waals surface area contributed by atoms with E-state index in [9.17, 15) is 35.1 Å². The lowest BCUT2D eigenvalue weighted by molar-refractivity contribution is -0.312. The summed E-state index contributed by atoms with van der Waals surface area (Å²) in [6.45, 7) is 9.36. The summed E-state index contributed by atoms with van der Waals surface area (Å²) in [6, 6.07) is 0. The van der Waals surface area contributed by atoms with E-state index in [2.05, 4.69) is 0 Å². The van der Waals surface area contributed by atoms with Crippen molar-refractivity contribution >= 4 is 11.8 Å². The molecule has 0 aromatic heterocycles. The third-order valence-corrected chi connectivity index (χ3v) is 6.94. The Morgan fingerprint density at radius 2 is 1.59 bits per heavy atom. The second-order valence-electron chi connectivity index (χ2n) is 9.30. The van der Waals surface area contributed by atoms with Crippen LogP contribution < -0.4 is 0 Å². The average Bonchev–Trinajstić information content (AvgIpc) is 3.17. The molecule has 1 aliphatic heterocycles. The second kappa shape index (κ2) is 19.9. The largest absolute Gasteiger partial charge is 0.481 e. The van der Waals surface area contributed by atoms with E-state index in [-0.39, 0.29) is 36.6 Å². The number of hydrogen-bond acceptors (Lipinski definition) is 9. The van der Waals surface area contributed by atoms with E-state index in [1.807, 2.05) is 34.6 Å². The summed E-state index contributed by atoms with van der Waals surface area (Å²) < 4.78 is 11.3. The summed E-state index contributed by atoms with van der Waals surface area (Å²) in [5.74, 6) is -1.17. The Kier molecular flexibility index (Phi) is 19.2. The van der Waals surface area contributed by atoms with E-state index in [4.69, 9.17) is 14.6 Å². The lowest BCUT2D eigenvalue weighted by Crippen LogP contribution is -2.59. The molecule has 0 spiro atoms. The summed E-state index contributed by atoms with van der Waals surface area (Å²) in [5.41, 5.74) is 0. The van der Waals surface area contributed by atoms with Crippen molar-refractivity contribution in [2.75, 3.05) is 6.61 Å². The first-order valence-corrected chi connectivity index (χ1v) is 14.1. The third-order valence-electron chi connectivity index (χ3n) is 6.94. The van der Waals surface area contributed by atoms with E-state index in [0.29, 0.717) is 32.1 Å². The molecule has 2 aliphatic rings. The van der Waals surface area contributed by atoms with Crippen molar-refractivity contribution in [1.29, 1.82) is 0 Å². The van der Waals surface area contributed by atoms with Gasteiger partial charge in [-0.3, -0.25) is 9.59 Å². The van der Waals surface area contributed by atoms with Crippen LogP contribution in [0.5, 0.6) is 0 Å². The maximum absolute atomic E-state index is 12.4. The van der Waals surface area contributed by atoms with Crippen LogP contribution in [0.4, 0.5) is 0 Å². The molecule has 37 heavy (non-hydrogen) atoms. The van der Waals surface area contributed by atoms with Crippen molar-refractivity contribution < 1.29 is 49.7 Å². The van der Waals surface area contributed by atoms with E-state index in [0.717, 1.165) is 19.3 Å². The smallest absolute Gasteiger partial charge is 0.303 e. The molecule has 0 aromatic carbocycles. The van der Waals surface area contributed by atoms with E-state index < -0.39 is 49.4 Å². The first-order chi connectivity index (χ1) is 17.7. The molecule has 0 aromatic rings. The number of unbranched alkanes of at least 4 members (excludes halogenated alkanes) is 3. The van der Waals surface area contributed by atoms with Crippen LogP contribution in [0.2, 0.25) is 0 Å². The fraction of sp³-hybridized carbons (Fsp3) is 0.926. The normalized spacial score (nSPS) is 32.1. The highest BCUT2D eigenvalue weighted by atomic mass is 16.7. The minimum atomic E-state index is -1.51. The number of ether oxygens (including phenoxy) is 2. The predicted octanol–water partition coefficient (Wildman–Crippen LogP) is 2.41. The fourth-order valence-electron chi connectivity index (χ4n) is 4.89. The molecule has 220 valence electrons. The zero-order valence-corrected chi connectivity index (χ0v) is 23.3. The van der Waals surface area contributed by atoms with Crippen molar-refractivity contribution in [2.24, 2.45) is 11.8 Å². The van der Waals surface area contributed by atoms with Gasteiger partial charge in [-0.2, -0.15) is 0 Å². The van der Waals surface area contributed by atoms with Crippen LogP contribution in [0.1, 0.15) is 98.8 Å². The number of carbonyl (C=O) groups is 2. The van der Waals surface area contributed by atoms with Gasteiger partial charge in [-0.15, -0.1) is 0 Å². The molecule has 5 unspecified atom stereocenters. The highest BCUT2D eigenvalue weighted by molar-refractivity contribution is 5.84. The SMILES string of the molecule is CC.CC.CCC(CCC1C(O)CC(=O)C1CCCCCCC(=O)O)OC1O[C@H](CO)[C@@H](O)[C@H](O)[C@H]1O. The van der Waals surface area contributed by atoms with Crippen molar-refractivity contribution in [1.82, 2.24) is 0 Å². The number of aliphatic carboxylic acids is 1. The number of Topliss-reactive ketones (excluding diaryl/α,β-unsaturated/α-hetero) is 1. The molecule has 0 bridgehead atoms. The summed E-state index contributed by atoms with van der Waals surface area (Å²) in [6.07, 6.45) is -2.11. The lowest BCUT2D eigenvalue weighted by Gasteiger charge is -2.41. The molecule has 10 nitrogen and oxygen atoms in total. The van der Waals surface area contributed by atoms with E-state index in [1.54, 1.807) is 0 Å². The second-order valence-corrected chi connectivity index (χ2v) is 9.30. The van der Waals surface area contributed by atoms with Gasteiger partial charge in [-0.05, 0) is 38.0 Å². The summed E-state index contributed by atoms with van der Waals surface area (Å²) in [5, 5.41) is 58.5. The molecule has 2 rings (SSSR count). The molecule has 2 fully saturated rings. The lowest BCUT2D eigenvalue weighted by atomic mass is 9.85. The van der Waals surface area contributed by atoms with Crippen LogP contribution in [-0.2, 0) is 19.1 Å². The topological polar surface area (TPSA) is 174 Å². The van der Waals surface area contributed by atoms with Gasteiger partial charge in [0.15, 0.2) is 6.29 Å².